The Morgan fingerprint density at radius 1 is 1.22 bits per heavy atom. The van der Waals surface area contributed by atoms with E-state index in [0.29, 0.717) is 5.56 Å². The summed E-state index contributed by atoms with van der Waals surface area (Å²) >= 11 is 0. The Morgan fingerprint density at radius 2 is 1.91 bits per heavy atom. The van der Waals surface area contributed by atoms with Gasteiger partial charge in [-0.1, -0.05) is 6.07 Å². The third kappa shape index (κ3) is 5.31. The van der Waals surface area contributed by atoms with Gasteiger partial charge in [-0.05, 0) is 31.5 Å². The molecule has 0 aliphatic carbocycles. The minimum absolute atomic E-state index is 0.0651. The second kappa shape index (κ2) is 8.20. The second-order valence-corrected chi connectivity index (χ2v) is 4.85. The van der Waals surface area contributed by atoms with Crippen LogP contribution < -0.4 is 11.3 Å². The van der Waals surface area contributed by atoms with Gasteiger partial charge in [0.1, 0.15) is 5.54 Å². The Labute approximate surface area is 132 Å². The summed E-state index contributed by atoms with van der Waals surface area (Å²) < 4.78 is 13.9. The predicted molar refractivity (Wildman–Crippen MR) is 78.3 cm³/mol. The Bertz CT molecular complexity index is 564. The van der Waals surface area contributed by atoms with E-state index in [9.17, 15) is 19.8 Å². The SMILES string of the molecule is CCOC(=O)OCOC(=O)[C@](C)(Cc1ccc(O)c(O)c1)NN. The van der Waals surface area contributed by atoms with Crippen molar-refractivity contribution in [2.45, 2.75) is 25.8 Å². The number of hydrazine groups is 1. The molecule has 0 saturated carbocycles. The van der Waals surface area contributed by atoms with Crippen molar-refractivity contribution in [3.63, 3.8) is 0 Å². The van der Waals surface area contributed by atoms with Crippen molar-refractivity contribution >= 4 is 12.1 Å². The van der Waals surface area contributed by atoms with Gasteiger partial charge in [0.2, 0.25) is 6.79 Å². The lowest BCUT2D eigenvalue weighted by molar-refractivity contribution is -0.160. The largest absolute Gasteiger partial charge is 0.511 e. The molecule has 9 heteroatoms. The van der Waals surface area contributed by atoms with Crippen LogP contribution in [0.25, 0.3) is 0 Å². The predicted octanol–water partition coefficient (Wildman–Crippen LogP) is 0.536. The molecule has 1 rings (SSSR count). The number of hydrogen-bond acceptors (Lipinski definition) is 9. The molecule has 0 radical (unpaired) electrons. The van der Waals surface area contributed by atoms with E-state index >= 15 is 0 Å². The first-order valence-electron chi connectivity index (χ1n) is 6.77. The fraction of sp³-hybridized carbons (Fsp3) is 0.429. The van der Waals surface area contributed by atoms with Gasteiger partial charge in [0, 0.05) is 6.42 Å². The van der Waals surface area contributed by atoms with Crippen LogP contribution in [0.2, 0.25) is 0 Å². The molecule has 0 bridgehead atoms. The van der Waals surface area contributed by atoms with Crippen molar-refractivity contribution < 1.29 is 34.0 Å². The average molecular weight is 328 g/mol. The van der Waals surface area contributed by atoms with Crippen molar-refractivity contribution in [2.24, 2.45) is 5.84 Å². The number of phenols is 2. The second-order valence-electron chi connectivity index (χ2n) is 4.85. The molecule has 1 atom stereocenters. The van der Waals surface area contributed by atoms with Crippen LogP contribution in [-0.2, 0) is 25.4 Å². The lowest BCUT2D eigenvalue weighted by atomic mass is 9.93. The molecule has 0 aromatic heterocycles. The topological polar surface area (TPSA) is 140 Å². The van der Waals surface area contributed by atoms with Crippen molar-refractivity contribution in [3.8, 4) is 11.5 Å². The number of aromatic hydroxyl groups is 2. The Balaban J connectivity index is 2.66. The van der Waals surface area contributed by atoms with Crippen LogP contribution in [-0.4, -0.2) is 41.3 Å². The van der Waals surface area contributed by atoms with E-state index in [4.69, 9.17) is 10.6 Å². The molecule has 5 N–H and O–H groups in total. The van der Waals surface area contributed by atoms with E-state index in [0.717, 1.165) is 0 Å². The summed E-state index contributed by atoms with van der Waals surface area (Å²) in [5, 5.41) is 18.8. The van der Waals surface area contributed by atoms with Crippen LogP contribution in [0.15, 0.2) is 18.2 Å². The third-order valence-corrected chi connectivity index (χ3v) is 3.00. The van der Waals surface area contributed by atoms with Crippen molar-refractivity contribution in [1.29, 1.82) is 0 Å². The van der Waals surface area contributed by atoms with Crippen LogP contribution in [0.3, 0.4) is 0 Å². The molecule has 1 aromatic rings. The summed E-state index contributed by atoms with van der Waals surface area (Å²) in [5.74, 6) is 4.05. The number of ether oxygens (including phenoxy) is 3. The standard InChI is InChI=1S/C14H20N2O7/c1-3-21-13(20)23-8-22-12(19)14(2,16-15)7-9-4-5-10(17)11(18)6-9/h4-6,16-18H,3,7-8,15H2,1-2H3/t14-/m0/s1. The number of rotatable bonds is 7. The van der Waals surface area contributed by atoms with Crippen molar-refractivity contribution in [1.82, 2.24) is 5.43 Å². The molecule has 23 heavy (non-hydrogen) atoms. The molecule has 0 saturated heterocycles. The smallest absolute Gasteiger partial charge is 0.504 e. The summed E-state index contributed by atoms with van der Waals surface area (Å²) in [5.41, 5.74) is 1.53. The maximum absolute atomic E-state index is 12.1. The molecular formula is C14H20N2O7. The van der Waals surface area contributed by atoms with E-state index in [2.05, 4.69) is 14.9 Å². The van der Waals surface area contributed by atoms with Gasteiger partial charge in [-0.25, -0.2) is 15.0 Å². The zero-order valence-corrected chi connectivity index (χ0v) is 12.9. The van der Waals surface area contributed by atoms with Crippen LogP contribution in [0.4, 0.5) is 4.79 Å². The van der Waals surface area contributed by atoms with Gasteiger partial charge in [0.05, 0.1) is 6.61 Å². The van der Waals surface area contributed by atoms with E-state index in [1.165, 1.54) is 25.1 Å². The Morgan fingerprint density at radius 3 is 2.48 bits per heavy atom. The fourth-order valence-corrected chi connectivity index (χ4v) is 1.72. The molecule has 1 aromatic carbocycles. The monoisotopic (exact) mass is 328 g/mol. The molecule has 0 aliphatic rings. The third-order valence-electron chi connectivity index (χ3n) is 3.00. The zero-order chi connectivity index (χ0) is 17.5. The number of benzene rings is 1. The first kappa shape index (κ1) is 18.5. The highest BCUT2D eigenvalue weighted by Gasteiger charge is 2.34. The van der Waals surface area contributed by atoms with Crippen LogP contribution in [0.1, 0.15) is 19.4 Å². The molecule has 0 amide bonds. The molecule has 0 aliphatic heterocycles. The number of carbonyl (C=O) groups excluding carboxylic acids is 2. The summed E-state index contributed by atoms with van der Waals surface area (Å²) in [6.07, 6.45) is -0.888. The summed E-state index contributed by atoms with van der Waals surface area (Å²) in [7, 11) is 0. The number of nitrogens with one attached hydrogen (secondary N) is 1. The highest BCUT2D eigenvalue weighted by Crippen LogP contribution is 2.27. The minimum Gasteiger partial charge on any atom is -0.504 e. The molecule has 0 spiro atoms. The van der Waals surface area contributed by atoms with Gasteiger partial charge in [0.25, 0.3) is 0 Å². The quantitative estimate of drug-likeness (QED) is 0.185. The normalized spacial score (nSPS) is 13.0. The van der Waals surface area contributed by atoms with E-state index < -0.39 is 24.5 Å². The van der Waals surface area contributed by atoms with Crippen molar-refractivity contribution in [3.05, 3.63) is 23.8 Å². The van der Waals surface area contributed by atoms with Gasteiger partial charge < -0.3 is 24.4 Å². The molecule has 0 heterocycles. The Kier molecular flexibility index (Phi) is 6.61. The number of nitrogens with two attached hydrogens (primary N) is 1. The van der Waals surface area contributed by atoms with Crippen LogP contribution in [0.5, 0.6) is 11.5 Å². The van der Waals surface area contributed by atoms with E-state index in [1.807, 2.05) is 0 Å². The van der Waals surface area contributed by atoms with Gasteiger partial charge in [-0.2, -0.15) is 0 Å². The van der Waals surface area contributed by atoms with Crippen LogP contribution in [0, 0.1) is 0 Å². The van der Waals surface area contributed by atoms with Gasteiger partial charge in [-0.15, -0.1) is 0 Å². The summed E-state index contributed by atoms with van der Waals surface area (Å²) in [6, 6.07) is 4.11. The fourth-order valence-electron chi connectivity index (χ4n) is 1.72. The highest BCUT2D eigenvalue weighted by atomic mass is 16.8. The molecule has 0 unspecified atom stereocenters. The Hall–Kier alpha value is -2.52. The zero-order valence-electron chi connectivity index (χ0n) is 12.9. The number of esters is 1. The van der Waals surface area contributed by atoms with E-state index in [-0.39, 0.29) is 24.5 Å². The van der Waals surface area contributed by atoms with Crippen LogP contribution >= 0.6 is 0 Å². The number of phenolic OH excluding ortho intramolecular Hbond substituents is 2. The average Bonchev–Trinajstić information content (AvgIpc) is 2.51. The van der Waals surface area contributed by atoms with E-state index in [1.54, 1.807) is 6.92 Å². The summed E-state index contributed by atoms with van der Waals surface area (Å²) in [4.78, 5) is 23.1. The highest BCUT2D eigenvalue weighted by molar-refractivity contribution is 5.80. The molecule has 9 nitrogen and oxygen atoms in total. The van der Waals surface area contributed by atoms with Gasteiger partial charge in [0.15, 0.2) is 11.5 Å². The molecule has 128 valence electrons. The molecule has 0 fully saturated rings. The lowest BCUT2D eigenvalue weighted by Gasteiger charge is -2.26. The van der Waals surface area contributed by atoms with Gasteiger partial charge in [-0.3, -0.25) is 5.84 Å². The summed E-state index contributed by atoms with van der Waals surface area (Å²) in [6.45, 7) is 2.61. The first-order valence-corrected chi connectivity index (χ1v) is 6.77. The van der Waals surface area contributed by atoms with Crippen molar-refractivity contribution in [2.75, 3.05) is 13.4 Å². The lowest BCUT2D eigenvalue weighted by Crippen LogP contribution is -2.55. The number of carbonyl (C=O) groups is 2. The number of hydrogen-bond donors (Lipinski definition) is 4. The maximum atomic E-state index is 12.1. The molecular weight excluding hydrogens is 308 g/mol. The first-order chi connectivity index (χ1) is 10.8. The van der Waals surface area contributed by atoms with Gasteiger partial charge >= 0.3 is 12.1 Å². The maximum Gasteiger partial charge on any atom is 0.511 e. The minimum atomic E-state index is -1.33.